The molecule has 0 atom stereocenters. The van der Waals surface area contributed by atoms with Crippen LogP contribution in [0.1, 0.15) is 17.3 Å². The van der Waals surface area contributed by atoms with E-state index in [4.69, 9.17) is 9.47 Å². The van der Waals surface area contributed by atoms with Gasteiger partial charge < -0.3 is 20.1 Å². The third-order valence-corrected chi connectivity index (χ3v) is 2.94. The van der Waals surface area contributed by atoms with E-state index in [2.05, 4.69) is 20.6 Å². The van der Waals surface area contributed by atoms with Gasteiger partial charge in [0.15, 0.2) is 0 Å². The molecule has 1 heterocycles. The molecule has 0 fully saturated rings. The smallest absolute Gasteiger partial charge is 0.340 e. The Hall–Kier alpha value is -2.67. The Morgan fingerprint density at radius 3 is 2.87 bits per heavy atom. The molecule has 2 aromatic rings. The summed E-state index contributed by atoms with van der Waals surface area (Å²) in [6.07, 6.45) is 1.64. The first-order valence-electron chi connectivity index (χ1n) is 7.33. The molecule has 0 saturated carbocycles. The number of nitrogens with one attached hydrogen (secondary N) is 2. The highest BCUT2D eigenvalue weighted by Crippen LogP contribution is 2.20. The van der Waals surface area contributed by atoms with Crippen molar-refractivity contribution in [2.45, 2.75) is 6.92 Å². The van der Waals surface area contributed by atoms with Crippen molar-refractivity contribution in [2.24, 2.45) is 0 Å². The van der Waals surface area contributed by atoms with Gasteiger partial charge in [-0.15, -0.1) is 0 Å². The molecule has 0 spiro atoms. The zero-order valence-electron chi connectivity index (χ0n) is 13.2. The van der Waals surface area contributed by atoms with Crippen LogP contribution in [0, 0.1) is 0 Å². The predicted molar refractivity (Wildman–Crippen MR) is 88.1 cm³/mol. The largest absolute Gasteiger partial charge is 0.462 e. The van der Waals surface area contributed by atoms with E-state index in [1.807, 2.05) is 6.07 Å². The van der Waals surface area contributed by atoms with E-state index in [0.29, 0.717) is 42.8 Å². The first kappa shape index (κ1) is 16.7. The van der Waals surface area contributed by atoms with Gasteiger partial charge in [-0.05, 0) is 25.1 Å². The summed E-state index contributed by atoms with van der Waals surface area (Å²) in [5, 5.41) is 6.17. The fourth-order valence-corrected chi connectivity index (χ4v) is 1.90. The number of para-hydroxylation sites is 1. The van der Waals surface area contributed by atoms with Gasteiger partial charge in [0.2, 0.25) is 5.95 Å². The standard InChI is InChI=1S/C16H20N4O3/c1-3-23-15(21)12-6-4-5-7-13(12)19-16-18-9-8-14(20-16)17-10-11-22-2/h4-9H,3,10-11H2,1-2H3,(H2,17,18,19,20). The minimum absolute atomic E-state index is 0.322. The van der Waals surface area contributed by atoms with Crippen molar-refractivity contribution < 1.29 is 14.3 Å². The number of nitrogens with zero attached hydrogens (tertiary/aromatic N) is 2. The van der Waals surface area contributed by atoms with Crippen LogP contribution < -0.4 is 10.6 Å². The predicted octanol–water partition coefficient (Wildman–Crippen LogP) is 2.46. The number of esters is 1. The van der Waals surface area contributed by atoms with Gasteiger partial charge in [-0.3, -0.25) is 0 Å². The number of methoxy groups -OCH3 is 1. The molecule has 0 aliphatic carbocycles. The molecule has 7 heteroatoms. The van der Waals surface area contributed by atoms with Gasteiger partial charge in [-0.1, -0.05) is 12.1 Å². The fourth-order valence-electron chi connectivity index (χ4n) is 1.90. The summed E-state index contributed by atoms with van der Waals surface area (Å²) in [7, 11) is 1.64. The van der Waals surface area contributed by atoms with E-state index in [1.54, 1.807) is 44.5 Å². The summed E-state index contributed by atoms with van der Waals surface area (Å²) >= 11 is 0. The lowest BCUT2D eigenvalue weighted by Crippen LogP contribution is -2.11. The number of aromatic nitrogens is 2. The van der Waals surface area contributed by atoms with Crippen LogP contribution in [-0.2, 0) is 9.47 Å². The molecule has 0 saturated heterocycles. The molecule has 2 N–H and O–H groups in total. The lowest BCUT2D eigenvalue weighted by atomic mass is 10.2. The van der Waals surface area contributed by atoms with Gasteiger partial charge in [0.25, 0.3) is 0 Å². The number of hydrogen-bond donors (Lipinski definition) is 2. The number of hydrogen-bond acceptors (Lipinski definition) is 7. The van der Waals surface area contributed by atoms with Crippen LogP contribution >= 0.6 is 0 Å². The van der Waals surface area contributed by atoms with E-state index >= 15 is 0 Å². The second kappa shape index (κ2) is 8.70. The number of carbonyl (C=O) groups excluding carboxylic acids is 1. The summed E-state index contributed by atoms with van der Waals surface area (Å²) in [6, 6.07) is 8.84. The Morgan fingerprint density at radius 2 is 2.09 bits per heavy atom. The Kier molecular flexibility index (Phi) is 6.31. The third kappa shape index (κ3) is 4.93. The average molecular weight is 316 g/mol. The fraction of sp³-hybridized carbons (Fsp3) is 0.312. The SMILES string of the molecule is CCOC(=O)c1ccccc1Nc1nccc(NCCOC)n1. The van der Waals surface area contributed by atoms with Crippen molar-refractivity contribution in [1.82, 2.24) is 9.97 Å². The van der Waals surface area contributed by atoms with Crippen molar-refractivity contribution in [3.05, 3.63) is 42.1 Å². The van der Waals surface area contributed by atoms with E-state index in [0.717, 1.165) is 0 Å². The molecular formula is C16H20N4O3. The number of rotatable bonds is 8. The van der Waals surface area contributed by atoms with Gasteiger partial charge in [-0.25, -0.2) is 9.78 Å². The molecule has 0 amide bonds. The van der Waals surface area contributed by atoms with Crippen LogP contribution in [0.3, 0.4) is 0 Å². The summed E-state index contributed by atoms with van der Waals surface area (Å²) in [6.45, 7) is 3.32. The zero-order valence-corrected chi connectivity index (χ0v) is 13.2. The maximum absolute atomic E-state index is 12.0. The minimum Gasteiger partial charge on any atom is -0.462 e. The number of carbonyl (C=O) groups is 1. The Balaban J connectivity index is 2.13. The average Bonchev–Trinajstić information content (AvgIpc) is 2.56. The van der Waals surface area contributed by atoms with Crippen LogP contribution in [0.5, 0.6) is 0 Å². The molecule has 0 aliphatic rings. The lowest BCUT2D eigenvalue weighted by Gasteiger charge is -2.11. The third-order valence-electron chi connectivity index (χ3n) is 2.94. The van der Waals surface area contributed by atoms with Crippen molar-refractivity contribution in [2.75, 3.05) is 37.5 Å². The van der Waals surface area contributed by atoms with Gasteiger partial charge in [0.1, 0.15) is 5.82 Å². The molecule has 7 nitrogen and oxygen atoms in total. The van der Waals surface area contributed by atoms with Gasteiger partial charge in [-0.2, -0.15) is 4.98 Å². The Morgan fingerprint density at radius 1 is 1.26 bits per heavy atom. The molecule has 0 bridgehead atoms. The summed E-state index contributed by atoms with van der Waals surface area (Å²) in [5.74, 6) is 0.683. The molecule has 23 heavy (non-hydrogen) atoms. The van der Waals surface area contributed by atoms with Crippen molar-refractivity contribution in [1.29, 1.82) is 0 Å². The van der Waals surface area contributed by atoms with Crippen LogP contribution in [-0.4, -0.2) is 42.8 Å². The first-order valence-corrected chi connectivity index (χ1v) is 7.33. The molecule has 0 unspecified atom stereocenters. The van der Waals surface area contributed by atoms with Gasteiger partial charge in [0, 0.05) is 19.9 Å². The molecule has 122 valence electrons. The Labute approximate surface area is 135 Å². The molecule has 1 aromatic heterocycles. The number of benzene rings is 1. The van der Waals surface area contributed by atoms with Crippen molar-refractivity contribution >= 4 is 23.4 Å². The highest BCUT2D eigenvalue weighted by Gasteiger charge is 2.12. The first-order chi connectivity index (χ1) is 11.2. The summed E-state index contributed by atoms with van der Waals surface area (Å²) in [4.78, 5) is 20.5. The monoisotopic (exact) mass is 316 g/mol. The van der Waals surface area contributed by atoms with Crippen molar-refractivity contribution in [3.8, 4) is 0 Å². The highest BCUT2D eigenvalue weighted by molar-refractivity contribution is 5.96. The number of anilines is 3. The van der Waals surface area contributed by atoms with E-state index in [1.165, 1.54) is 0 Å². The Bertz CT molecular complexity index is 649. The van der Waals surface area contributed by atoms with E-state index in [9.17, 15) is 4.79 Å². The molecule has 0 aliphatic heterocycles. The number of ether oxygens (including phenoxy) is 2. The van der Waals surface area contributed by atoms with E-state index < -0.39 is 0 Å². The lowest BCUT2D eigenvalue weighted by molar-refractivity contribution is 0.0527. The van der Waals surface area contributed by atoms with Crippen LogP contribution in [0.25, 0.3) is 0 Å². The van der Waals surface area contributed by atoms with Crippen LogP contribution in [0.15, 0.2) is 36.5 Å². The molecule has 2 rings (SSSR count). The van der Waals surface area contributed by atoms with Crippen molar-refractivity contribution in [3.63, 3.8) is 0 Å². The quantitative estimate of drug-likeness (QED) is 0.571. The second-order valence-corrected chi connectivity index (χ2v) is 4.58. The molecule has 0 radical (unpaired) electrons. The second-order valence-electron chi connectivity index (χ2n) is 4.58. The van der Waals surface area contributed by atoms with Crippen LogP contribution in [0.2, 0.25) is 0 Å². The van der Waals surface area contributed by atoms with E-state index in [-0.39, 0.29) is 5.97 Å². The summed E-state index contributed by atoms with van der Waals surface area (Å²) < 4.78 is 10.0. The minimum atomic E-state index is -0.384. The zero-order chi connectivity index (χ0) is 16.5. The molecule has 1 aromatic carbocycles. The maximum atomic E-state index is 12.0. The normalized spacial score (nSPS) is 10.2. The summed E-state index contributed by atoms with van der Waals surface area (Å²) in [5.41, 5.74) is 1.04. The maximum Gasteiger partial charge on any atom is 0.340 e. The van der Waals surface area contributed by atoms with Gasteiger partial charge in [0.05, 0.1) is 24.5 Å². The highest BCUT2D eigenvalue weighted by atomic mass is 16.5. The molecular weight excluding hydrogens is 296 g/mol. The topological polar surface area (TPSA) is 85.4 Å². The van der Waals surface area contributed by atoms with Crippen LogP contribution in [0.4, 0.5) is 17.5 Å². The van der Waals surface area contributed by atoms with Gasteiger partial charge >= 0.3 is 5.97 Å².